The third-order valence-electron chi connectivity index (χ3n) is 5.84. The summed E-state index contributed by atoms with van der Waals surface area (Å²) in [6.07, 6.45) is 5.68. The molecule has 0 radical (unpaired) electrons. The van der Waals surface area contributed by atoms with Gasteiger partial charge in [-0.2, -0.15) is 0 Å². The molecule has 3 rings (SSSR count). The van der Waals surface area contributed by atoms with Gasteiger partial charge in [0, 0.05) is 49.1 Å². The Bertz CT molecular complexity index is 946. The molecule has 6 nitrogen and oxygen atoms in total. The van der Waals surface area contributed by atoms with E-state index in [1.54, 1.807) is 17.1 Å². The minimum atomic E-state index is -0.0438. The van der Waals surface area contributed by atoms with Gasteiger partial charge in [0.2, 0.25) is 17.7 Å². The molecule has 0 saturated carbocycles. The number of likely N-dealkylation sites (tertiary alicyclic amines) is 1. The second-order valence-corrected chi connectivity index (χ2v) is 8.40. The summed E-state index contributed by atoms with van der Waals surface area (Å²) >= 11 is 0. The standard InChI is InChI=1S/C25H33N3O3/c1-5-16-31-24-21(17-20-8-6-7-9-22(20)26-24)10-11-23(29)28-14-12-19(13-15-28)25(30)27(4)18(2)3/h6-11,17-19H,5,12-16H2,1-4H3/b11-10+. The van der Waals surface area contributed by atoms with Crippen LogP contribution in [0.2, 0.25) is 0 Å². The van der Waals surface area contributed by atoms with Crippen molar-refractivity contribution in [2.24, 2.45) is 5.92 Å². The summed E-state index contributed by atoms with van der Waals surface area (Å²) in [6.45, 7) is 7.85. The third kappa shape index (κ3) is 5.63. The summed E-state index contributed by atoms with van der Waals surface area (Å²) in [7, 11) is 1.85. The number of carbonyl (C=O) groups is 2. The highest BCUT2D eigenvalue weighted by atomic mass is 16.5. The van der Waals surface area contributed by atoms with E-state index in [9.17, 15) is 9.59 Å². The van der Waals surface area contributed by atoms with E-state index in [2.05, 4.69) is 4.98 Å². The van der Waals surface area contributed by atoms with Gasteiger partial charge in [0.25, 0.3) is 0 Å². The molecule has 166 valence electrons. The van der Waals surface area contributed by atoms with Crippen LogP contribution in [0.4, 0.5) is 0 Å². The number of hydrogen-bond donors (Lipinski definition) is 0. The Balaban J connectivity index is 1.67. The van der Waals surface area contributed by atoms with Gasteiger partial charge < -0.3 is 14.5 Å². The molecule has 0 spiro atoms. The first-order valence-corrected chi connectivity index (χ1v) is 11.2. The SMILES string of the molecule is CCCOc1nc2ccccc2cc1/C=C/C(=O)N1CCC(C(=O)N(C)C(C)C)CC1. The Kier molecular flexibility index (Phi) is 7.66. The van der Waals surface area contributed by atoms with Gasteiger partial charge in [0.1, 0.15) is 0 Å². The topological polar surface area (TPSA) is 62.7 Å². The molecule has 1 aliphatic heterocycles. The van der Waals surface area contributed by atoms with Gasteiger partial charge in [-0.15, -0.1) is 0 Å². The summed E-state index contributed by atoms with van der Waals surface area (Å²) in [4.78, 5) is 33.5. The maximum Gasteiger partial charge on any atom is 0.246 e. The van der Waals surface area contributed by atoms with E-state index in [1.165, 1.54) is 0 Å². The maximum absolute atomic E-state index is 12.8. The molecular weight excluding hydrogens is 390 g/mol. The molecule has 2 heterocycles. The minimum Gasteiger partial charge on any atom is -0.477 e. The smallest absolute Gasteiger partial charge is 0.246 e. The van der Waals surface area contributed by atoms with Crippen molar-refractivity contribution in [3.63, 3.8) is 0 Å². The highest BCUT2D eigenvalue weighted by molar-refractivity contribution is 5.93. The van der Waals surface area contributed by atoms with Crippen molar-refractivity contribution in [1.29, 1.82) is 0 Å². The lowest BCUT2D eigenvalue weighted by Crippen LogP contribution is -2.44. The summed E-state index contributed by atoms with van der Waals surface area (Å²) < 4.78 is 5.82. The Hall–Kier alpha value is -2.89. The van der Waals surface area contributed by atoms with Crippen molar-refractivity contribution >= 4 is 28.8 Å². The van der Waals surface area contributed by atoms with Crippen LogP contribution in [0.3, 0.4) is 0 Å². The number of fused-ring (bicyclic) bond motifs is 1. The van der Waals surface area contributed by atoms with E-state index in [4.69, 9.17) is 4.74 Å². The average Bonchev–Trinajstić information content (AvgIpc) is 2.79. The van der Waals surface area contributed by atoms with Crippen molar-refractivity contribution in [3.05, 3.63) is 42.0 Å². The van der Waals surface area contributed by atoms with Crippen LogP contribution >= 0.6 is 0 Å². The predicted octanol–water partition coefficient (Wildman–Crippen LogP) is 4.14. The number of para-hydroxylation sites is 1. The lowest BCUT2D eigenvalue weighted by Gasteiger charge is -2.33. The van der Waals surface area contributed by atoms with E-state index in [0.717, 1.165) is 22.9 Å². The summed E-state index contributed by atoms with van der Waals surface area (Å²) in [5.74, 6) is 0.681. The summed E-state index contributed by atoms with van der Waals surface area (Å²) in [5.41, 5.74) is 1.67. The van der Waals surface area contributed by atoms with Crippen LogP contribution in [0.15, 0.2) is 36.4 Å². The number of nitrogens with zero attached hydrogens (tertiary/aromatic N) is 3. The molecule has 0 atom stereocenters. The molecule has 2 aromatic rings. The van der Waals surface area contributed by atoms with Gasteiger partial charge in [0.15, 0.2) is 0 Å². The van der Waals surface area contributed by atoms with Crippen LogP contribution in [0, 0.1) is 5.92 Å². The molecule has 1 saturated heterocycles. The van der Waals surface area contributed by atoms with Crippen molar-refractivity contribution in [2.45, 2.75) is 46.1 Å². The van der Waals surface area contributed by atoms with Crippen molar-refractivity contribution in [1.82, 2.24) is 14.8 Å². The van der Waals surface area contributed by atoms with Crippen LogP contribution in [0.25, 0.3) is 17.0 Å². The molecule has 1 aliphatic rings. The molecule has 0 bridgehead atoms. The molecule has 1 aromatic carbocycles. The average molecular weight is 424 g/mol. The molecule has 1 aromatic heterocycles. The second-order valence-electron chi connectivity index (χ2n) is 8.40. The third-order valence-corrected chi connectivity index (χ3v) is 5.84. The molecule has 1 fully saturated rings. The molecule has 0 aliphatic carbocycles. The number of carbonyl (C=O) groups excluding carboxylic acids is 2. The van der Waals surface area contributed by atoms with Crippen molar-refractivity contribution in [3.8, 4) is 5.88 Å². The Morgan fingerprint density at radius 1 is 1.26 bits per heavy atom. The number of benzene rings is 1. The number of ether oxygens (including phenoxy) is 1. The molecule has 31 heavy (non-hydrogen) atoms. The highest BCUT2D eigenvalue weighted by Gasteiger charge is 2.29. The quantitative estimate of drug-likeness (QED) is 0.628. The van der Waals surface area contributed by atoms with E-state index in [-0.39, 0.29) is 23.8 Å². The van der Waals surface area contributed by atoms with Crippen LogP contribution in [-0.4, -0.2) is 59.4 Å². The van der Waals surface area contributed by atoms with Crippen molar-refractivity contribution in [2.75, 3.05) is 26.7 Å². The van der Waals surface area contributed by atoms with Crippen LogP contribution < -0.4 is 4.74 Å². The molecule has 0 N–H and O–H groups in total. The number of pyridine rings is 1. The fraction of sp³-hybridized carbons (Fsp3) is 0.480. The zero-order valence-corrected chi connectivity index (χ0v) is 19.0. The fourth-order valence-corrected chi connectivity index (χ4v) is 3.70. The fourth-order valence-electron chi connectivity index (χ4n) is 3.70. The van der Waals surface area contributed by atoms with Crippen molar-refractivity contribution < 1.29 is 14.3 Å². The Labute approximate surface area is 184 Å². The monoisotopic (exact) mass is 423 g/mol. The van der Waals surface area contributed by atoms with Gasteiger partial charge in [-0.3, -0.25) is 9.59 Å². The largest absolute Gasteiger partial charge is 0.477 e. The van der Waals surface area contributed by atoms with E-state index >= 15 is 0 Å². The molecule has 0 unspecified atom stereocenters. The van der Waals surface area contributed by atoms with Crippen LogP contribution in [0.1, 0.15) is 45.6 Å². The van der Waals surface area contributed by atoms with E-state index < -0.39 is 0 Å². The number of amides is 2. The number of rotatable bonds is 7. The van der Waals surface area contributed by atoms with Crippen LogP contribution in [-0.2, 0) is 9.59 Å². The van der Waals surface area contributed by atoms with Gasteiger partial charge in [-0.05, 0) is 51.3 Å². The van der Waals surface area contributed by atoms with Crippen LogP contribution in [0.5, 0.6) is 5.88 Å². The molecule has 2 amide bonds. The Morgan fingerprint density at radius 3 is 2.65 bits per heavy atom. The first-order valence-electron chi connectivity index (χ1n) is 11.2. The molecule has 6 heteroatoms. The lowest BCUT2D eigenvalue weighted by atomic mass is 9.95. The normalized spacial score (nSPS) is 15.1. The number of aromatic nitrogens is 1. The van der Waals surface area contributed by atoms with Gasteiger partial charge >= 0.3 is 0 Å². The maximum atomic E-state index is 12.8. The lowest BCUT2D eigenvalue weighted by molar-refractivity contribution is -0.139. The first kappa shape index (κ1) is 22.8. The molecular formula is C25H33N3O3. The first-order chi connectivity index (χ1) is 14.9. The van der Waals surface area contributed by atoms with Gasteiger partial charge in [-0.1, -0.05) is 25.1 Å². The minimum absolute atomic E-state index is 0.000774. The number of hydrogen-bond acceptors (Lipinski definition) is 4. The Morgan fingerprint density at radius 2 is 1.97 bits per heavy atom. The zero-order chi connectivity index (χ0) is 22.4. The predicted molar refractivity (Wildman–Crippen MR) is 124 cm³/mol. The zero-order valence-electron chi connectivity index (χ0n) is 19.0. The second kappa shape index (κ2) is 10.4. The summed E-state index contributed by atoms with van der Waals surface area (Å²) in [5, 5.41) is 1.01. The van der Waals surface area contributed by atoms with E-state index in [0.29, 0.717) is 38.4 Å². The number of piperidine rings is 1. The van der Waals surface area contributed by atoms with E-state index in [1.807, 2.05) is 63.1 Å². The summed E-state index contributed by atoms with van der Waals surface area (Å²) in [6, 6.07) is 10.1. The van der Waals surface area contributed by atoms with Gasteiger partial charge in [0.05, 0.1) is 12.1 Å². The highest BCUT2D eigenvalue weighted by Crippen LogP contribution is 2.25. The van der Waals surface area contributed by atoms with Gasteiger partial charge in [-0.25, -0.2) is 4.98 Å².